The number of aromatic nitrogens is 1. The quantitative estimate of drug-likeness (QED) is 0.690. The van der Waals surface area contributed by atoms with Gasteiger partial charge in [-0.05, 0) is 32.0 Å². The fourth-order valence-corrected chi connectivity index (χ4v) is 2.11. The van der Waals surface area contributed by atoms with E-state index in [0.717, 1.165) is 25.9 Å². The van der Waals surface area contributed by atoms with Crippen molar-refractivity contribution in [3.63, 3.8) is 0 Å². The Morgan fingerprint density at radius 2 is 2.15 bits per heavy atom. The summed E-state index contributed by atoms with van der Waals surface area (Å²) in [4.78, 5) is 14.4. The Hall–Kier alpha value is -1.86. The number of nitro benzene ring substituents is 1. The van der Waals surface area contributed by atoms with Crippen LogP contribution in [0.2, 0.25) is 0 Å². The summed E-state index contributed by atoms with van der Waals surface area (Å²) in [6.45, 7) is 1.83. The maximum Gasteiger partial charge on any atom is 0.394 e. The van der Waals surface area contributed by atoms with Gasteiger partial charge < -0.3 is 14.5 Å². The standard InChI is InChI=1S/C12H13N3O4.ClH/c16-15(17)8-1-2-11-10(7-8)14-12(19-11)18-9-3-5-13-6-4-9;/h1-2,7,9,13H,3-6H2;1H. The van der Waals surface area contributed by atoms with Gasteiger partial charge in [0.05, 0.1) is 4.92 Å². The fraction of sp³-hybridized carbons (Fsp3) is 0.417. The molecule has 1 N–H and O–H groups in total. The van der Waals surface area contributed by atoms with Gasteiger partial charge in [-0.1, -0.05) is 0 Å². The highest BCUT2D eigenvalue weighted by Gasteiger charge is 2.18. The van der Waals surface area contributed by atoms with E-state index < -0.39 is 4.92 Å². The Morgan fingerprint density at radius 3 is 2.85 bits per heavy atom. The molecule has 2 aromatic rings. The van der Waals surface area contributed by atoms with Crippen LogP contribution >= 0.6 is 12.4 Å². The number of fused-ring (bicyclic) bond motifs is 1. The fourth-order valence-electron chi connectivity index (χ4n) is 2.11. The van der Waals surface area contributed by atoms with Crippen LogP contribution < -0.4 is 10.1 Å². The van der Waals surface area contributed by atoms with E-state index in [1.165, 1.54) is 18.2 Å². The maximum atomic E-state index is 10.7. The van der Waals surface area contributed by atoms with Gasteiger partial charge in [0.25, 0.3) is 5.69 Å². The first-order chi connectivity index (χ1) is 9.22. The molecule has 1 aromatic carbocycles. The van der Waals surface area contributed by atoms with Gasteiger partial charge in [-0.15, -0.1) is 12.4 Å². The summed E-state index contributed by atoms with van der Waals surface area (Å²) in [5, 5.41) is 13.9. The van der Waals surface area contributed by atoms with Crippen LogP contribution in [0.1, 0.15) is 12.8 Å². The molecule has 0 bridgehead atoms. The van der Waals surface area contributed by atoms with E-state index in [9.17, 15) is 10.1 Å². The summed E-state index contributed by atoms with van der Waals surface area (Å²) in [6.07, 6.45) is 2.07. The summed E-state index contributed by atoms with van der Waals surface area (Å²) < 4.78 is 11.1. The smallest absolute Gasteiger partial charge is 0.394 e. The number of piperidine rings is 1. The largest absolute Gasteiger partial charge is 0.447 e. The zero-order chi connectivity index (χ0) is 13.2. The molecular weight excluding hydrogens is 286 g/mol. The molecule has 108 valence electrons. The zero-order valence-electron chi connectivity index (χ0n) is 10.6. The highest BCUT2D eigenvalue weighted by molar-refractivity contribution is 5.85. The second-order valence-electron chi connectivity index (χ2n) is 4.46. The van der Waals surface area contributed by atoms with Gasteiger partial charge in [-0.3, -0.25) is 10.1 Å². The molecule has 0 amide bonds. The van der Waals surface area contributed by atoms with Crippen LogP contribution in [-0.4, -0.2) is 29.1 Å². The minimum absolute atomic E-state index is 0. The lowest BCUT2D eigenvalue weighted by Gasteiger charge is -2.21. The molecule has 0 spiro atoms. The highest BCUT2D eigenvalue weighted by Crippen LogP contribution is 2.25. The Kier molecular flexibility index (Phi) is 4.41. The van der Waals surface area contributed by atoms with Crippen molar-refractivity contribution >= 4 is 29.2 Å². The number of hydrogen-bond donors (Lipinski definition) is 1. The summed E-state index contributed by atoms with van der Waals surface area (Å²) in [5.74, 6) is 0. The molecule has 20 heavy (non-hydrogen) atoms. The monoisotopic (exact) mass is 299 g/mol. The van der Waals surface area contributed by atoms with E-state index >= 15 is 0 Å². The number of nitrogens with zero attached hydrogens (tertiary/aromatic N) is 2. The average Bonchev–Trinajstić information content (AvgIpc) is 2.80. The Morgan fingerprint density at radius 1 is 1.40 bits per heavy atom. The highest BCUT2D eigenvalue weighted by atomic mass is 35.5. The van der Waals surface area contributed by atoms with Crippen molar-refractivity contribution in [2.75, 3.05) is 13.1 Å². The number of benzene rings is 1. The van der Waals surface area contributed by atoms with Crippen LogP contribution in [0.4, 0.5) is 5.69 Å². The van der Waals surface area contributed by atoms with Crippen molar-refractivity contribution in [2.45, 2.75) is 18.9 Å². The Bertz CT molecular complexity index is 610. The van der Waals surface area contributed by atoms with Crippen molar-refractivity contribution in [1.29, 1.82) is 0 Å². The second kappa shape index (κ2) is 6.06. The molecule has 2 heterocycles. The lowest BCUT2D eigenvalue weighted by molar-refractivity contribution is -0.384. The molecule has 1 aliphatic rings. The van der Waals surface area contributed by atoms with Crippen LogP contribution in [0.15, 0.2) is 22.6 Å². The number of nitro groups is 1. The van der Waals surface area contributed by atoms with Crippen LogP contribution in [0.3, 0.4) is 0 Å². The van der Waals surface area contributed by atoms with Crippen LogP contribution in [0, 0.1) is 10.1 Å². The molecular formula is C12H14ClN3O4. The van der Waals surface area contributed by atoms with E-state index in [0.29, 0.717) is 11.1 Å². The first-order valence-electron chi connectivity index (χ1n) is 6.15. The number of nitrogens with one attached hydrogen (secondary N) is 1. The first kappa shape index (κ1) is 14.5. The minimum atomic E-state index is -0.457. The third-order valence-electron chi connectivity index (χ3n) is 3.12. The van der Waals surface area contributed by atoms with Gasteiger partial charge in [-0.25, -0.2) is 0 Å². The number of rotatable bonds is 3. The topological polar surface area (TPSA) is 90.4 Å². The maximum absolute atomic E-state index is 10.7. The number of ether oxygens (including phenoxy) is 1. The molecule has 1 aliphatic heterocycles. The number of oxazole rings is 1. The van der Waals surface area contributed by atoms with E-state index in [-0.39, 0.29) is 30.3 Å². The summed E-state index contributed by atoms with van der Waals surface area (Å²) in [7, 11) is 0. The number of halogens is 1. The van der Waals surface area contributed by atoms with Gasteiger partial charge in [-0.2, -0.15) is 4.98 Å². The molecule has 0 saturated carbocycles. The van der Waals surface area contributed by atoms with E-state index in [1.54, 1.807) is 0 Å². The third kappa shape index (κ3) is 3.00. The SMILES string of the molecule is Cl.O=[N+]([O-])c1ccc2oc(OC3CCNCC3)nc2c1. The molecule has 8 heteroatoms. The van der Waals surface area contributed by atoms with Gasteiger partial charge in [0, 0.05) is 12.1 Å². The van der Waals surface area contributed by atoms with Crippen LogP contribution in [0.25, 0.3) is 11.1 Å². The van der Waals surface area contributed by atoms with Crippen molar-refractivity contribution in [3.8, 4) is 6.08 Å². The molecule has 0 unspecified atom stereocenters. The Balaban J connectivity index is 0.00000147. The Labute approximate surface area is 120 Å². The molecule has 1 aromatic heterocycles. The summed E-state index contributed by atoms with van der Waals surface area (Å²) >= 11 is 0. The molecule has 1 saturated heterocycles. The van der Waals surface area contributed by atoms with E-state index in [2.05, 4.69) is 10.3 Å². The van der Waals surface area contributed by atoms with Gasteiger partial charge >= 0.3 is 6.08 Å². The minimum Gasteiger partial charge on any atom is -0.447 e. The normalized spacial score (nSPS) is 15.8. The van der Waals surface area contributed by atoms with E-state index in [1.807, 2.05) is 0 Å². The predicted molar refractivity (Wildman–Crippen MR) is 74.4 cm³/mol. The lowest BCUT2D eigenvalue weighted by Crippen LogP contribution is -2.34. The van der Waals surface area contributed by atoms with E-state index in [4.69, 9.17) is 9.15 Å². The van der Waals surface area contributed by atoms with Crippen molar-refractivity contribution in [3.05, 3.63) is 28.3 Å². The molecule has 7 nitrogen and oxygen atoms in total. The first-order valence-corrected chi connectivity index (χ1v) is 6.15. The summed E-state index contributed by atoms with van der Waals surface area (Å²) in [6, 6.07) is 4.31. The van der Waals surface area contributed by atoms with Crippen molar-refractivity contribution in [1.82, 2.24) is 10.3 Å². The number of hydrogen-bond acceptors (Lipinski definition) is 6. The molecule has 0 radical (unpaired) electrons. The average molecular weight is 300 g/mol. The number of non-ortho nitro benzene ring substituents is 1. The zero-order valence-corrected chi connectivity index (χ0v) is 11.4. The van der Waals surface area contributed by atoms with Crippen LogP contribution in [-0.2, 0) is 0 Å². The molecule has 0 atom stereocenters. The van der Waals surface area contributed by atoms with Crippen molar-refractivity contribution < 1.29 is 14.1 Å². The van der Waals surface area contributed by atoms with Crippen LogP contribution in [0.5, 0.6) is 6.08 Å². The van der Waals surface area contributed by atoms with Gasteiger partial charge in [0.2, 0.25) is 0 Å². The summed E-state index contributed by atoms with van der Waals surface area (Å²) in [5.41, 5.74) is 0.932. The molecule has 0 aliphatic carbocycles. The lowest BCUT2D eigenvalue weighted by atomic mass is 10.1. The predicted octanol–water partition coefficient (Wildman–Crippen LogP) is 2.29. The van der Waals surface area contributed by atoms with Gasteiger partial charge in [0.15, 0.2) is 5.58 Å². The molecule has 1 fully saturated rings. The van der Waals surface area contributed by atoms with Gasteiger partial charge in [0.1, 0.15) is 11.6 Å². The molecule has 3 rings (SSSR count). The third-order valence-corrected chi connectivity index (χ3v) is 3.12. The second-order valence-corrected chi connectivity index (χ2v) is 4.46. The van der Waals surface area contributed by atoms with Crippen molar-refractivity contribution in [2.24, 2.45) is 0 Å².